The number of carbonyl (C=O) groups excluding carboxylic acids is 3. The zero-order valence-electron chi connectivity index (χ0n) is 20.8. The molecule has 1 unspecified atom stereocenters. The molecule has 0 saturated carbocycles. The minimum Gasteiger partial charge on any atom is -0.445 e. The van der Waals surface area contributed by atoms with Crippen LogP contribution < -0.4 is 5.32 Å². The molecule has 190 valence electrons. The summed E-state index contributed by atoms with van der Waals surface area (Å²) in [6.45, 7) is 3.84. The first-order valence-corrected chi connectivity index (χ1v) is 13.6. The molecule has 7 nitrogen and oxygen atoms in total. The van der Waals surface area contributed by atoms with E-state index in [1.54, 1.807) is 11.1 Å². The minimum atomic E-state index is -0.795. The number of benzene rings is 2. The summed E-state index contributed by atoms with van der Waals surface area (Å²) in [6.07, 6.45) is 4.17. The number of amides is 3. The molecule has 0 radical (unpaired) electrons. The van der Waals surface area contributed by atoms with Gasteiger partial charge >= 0.3 is 6.09 Å². The van der Waals surface area contributed by atoms with Crippen LogP contribution in [-0.2, 0) is 27.4 Å². The molecule has 1 heterocycles. The number of thioether (sulfide) groups is 1. The second-order valence-corrected chi connectivity index (χ2v) is 10.6. The Morgan fingerprint density at radius 3 is 2.67 bits per heavy atom. The highest BCUT2D eigenvalue weighted by Gasteiger charge is 2.39. The summed E-state index contributed by atoms with van der Waals surface area (Å²) in [6, 6.07) is 16.2. The maximum absolute atomic E-state index is 13.4. The second kappa shape index (κ2) is 12.2. The highest BCUT2D eigenvalue weighted by Crippen LogP contribution is 2.30. The first-order chi connectivity index (χ1) is 17.4. The average molecular weight is 508 g/mol. The van der Waals surface area contributed by atoms with Crippen LogP contribution in [0.4, 0.5) is 4.79 Å². The van der Waals surface area contributed by atoms with Gasteiger partial charge in [0.2, 0.25) is 5.91 Å². The van der Waals surface area contributed by atoms with E-state index in [1.165, 1.54) is 22.9 Å². The predicted molar refractivity (Wildman–Crippen MR) is 142 cm³/mol. The van der Waals surface area contributed by atoms with Crippen LogP contribution in [0.2, 0.25) is 0 Å². The third-order valence-electron chi connectivity index (χ3n) is 6.67. The Morgan fingerprint density at radius 2 is 1.89 bits per heavy atom. The molecule has 0 bridgehead atoms. The molecular weight excluding hydrogens is 474 g/mol. The molecular formula is C28H33N3O4S. The molecule has 1 saturated heterocycles. The van der Waals surface area contributed by atoms with Crippen molar-refractivity contribution in [2.75, 3.05) is 11.6 Å². The quantitative estimate of drug-likeness (QED) is 0.555. The molecule has 36 heavy (non-hydrogen) atoms. The molecule has 4 rings (SSSR count). The van der Waals surface area contributed by atoms with Crippen LogP contribution in [0.3, 0.4) is 0 Å². The molecule has 1 aliphatic heterocycles. The van der Waals surface area contributed by atoms with E-state index in [9.17, 15) is 14.4 Å². The number of alkyl carbamates (subject to hydrolysis) is 1. The minimum absolute atomic E-state index is 0.113. The van der Waals surface area contributed by atoms with Gasteiger partial charge in [0.1, 0.15) is 18.7 Å². The predicted octanol–water partition coefficient (Wildman–Crippen LogP) is 4.56. The van der Waals surface area contributed by atoms with Crippen molar-refractivity contribution >= 4 is 35.9 Å². The Balaban J connectivity index is 1.38. The van der Waals surface area contributed by atoms with Gasteiger partial charge in [-0.3, -0.25) is 9.59 Å². The van der Waals surface area contributed by atoms with E-state index in [2.05, 4.69) is 22.4 Å². The van der Waals surface area contributed by atoms with Crippen molar-refractivity contribution in [2.45, 2.75) is 57.7 Å². The molecule has 2 aliphatic rings. The van der Waals surface area contributed by atoms with Crippen molar-refractivity contribution in [1.82, 2.24) is 10.2 Å². The fraction of sp³-hybridized carbons (Fsp3) is 0.429. The fourth-order valence-corrected chi connectivity index (χ4v) is 5.80. The smallest absolute Gasteiger partial charge is 0.408 e. The van der Waals surface area contributed by atoms with Crippen LogP contribution in [0.25, 0.3) is 0 Å². The topological polar surface area (TPSA) is 88.1 Å². The largest absolute Gasteiger partial charge is 0.445 e. The first-order valence-electron chi connectivity index (χ1n) is 12.5. The molecule has 2 aromatic rings. The molecule has 2 aromatic carbocycles. The van der Waals surface area contributed by atoms with Crippen LogP contribution in [0.15, 0.2) is 59.6 Å². The standard InChI is InChI=1S/C28H33N3O4S/c1-19(2)25(30-28(34)35-16-20-9-4-3-5-10-20)27(33)31-18-36-17-24(31)26(32)29-15-22-13-8-12-21-11-6-7-14-23(21)22/h3-7,9-11,14-15,19,22,24-25H,8,12-13,16-18H2,1-2H3,(H,30,34)/t22?,24-,25-/m0/s1. The molecule has 1 aliphatic carbocycles. The van der Waals surface area contributed by atoms with E-state index in [1.807, 2.05) is 56.3 Å². The summed E-state index contributed by atoms with van der Waals surface area (Å²) in [5, 5.41) is 2.71. The van der Waals surface area contributed by atoms with Crippen LogP contribution in [0.5, 0.6) is 0 Å². The van der Waals surface area contributed by atoms with Gasteiger partial charge in [-0.25, -0.2) is 9.79 Å². The van der Waals surface area contributed by atoms with Gasteiger partial charge in [-0.15, -0.1) is 11.8 Å². The first kappa shape index (κ1) is 25.9. The monoisotopic (exact) mass is 507 g/mol. The Bertz CT molecular complexity index is 1100. The normalized spacial score (nSPS) is 20.2. The molecule has 0 spiro atoms. The molecule has 1 N–H and O–H groups in total. The summed E-state index contributed by atoms with van der Waals surface area (Å²) in [7, 11) is 0. The maximum Gasteiger partial charge on any atom is 0.408 e. The lowest BCUT2D eigenvalue weighted by Gasteiger charge is -2.29. The van der Waals surface area contributed by atoms with Crippen molar-refractivity contribution in [3.8, 4) is 0 Å². The van der Waals surface area contributed by atoms with Crippen LogP contribution in [0.1, 0.15) is 49.3 Å². The van der Waals surface area contributed by atoms with Crippen LogP contribution in [0, 0.1) is 5.92 Å². The summed E-state index contributed by atoms with van der Waals surface area (Å²) in [5.74, 6) is 0.216. The van der Waals surface area contributed by atoms with E-state index in [0.717, 1.165) is 24.8 Å². The number of fused-ring (bicyclic) bond motifs is 1. The van der Waals surface area contributed by atoms with E-state index in [-0.39, 0.29) is 30.3 Å². The number of aryl methyl sites for hydroxylation is 1. The van der Waals surface area contributed by atoms with Crippen molar-refractivity contribution in [3.63, 3.8) is 0 Å². The molecule has 8 heteroatoms. The molecule has 3 amide bonds. The van der Waals surface area contributed by atoms with E-state index in [4.69, 9.17) is 4.74 Å². The number of nitrogens with zero attached hydrogens (tertiary/aromatic N) is 2. The summed E-state index contributed by atoms with van der Waals surface area (Å²) < 4.78 is 5.31. The number of ether oxygens (including phenoxy) is 1. The van der Waals surface area contributed by atoms with Crippen molar-refractivity contribution in [1.29, 1.82) is 0 Å². The Morgan fingerprint density at radius 1 is 1.14 bits per heavy atom. The summed E-state index contributed by atoms with van der Waals surface area (Å²) in [5.41, 5.74) is 3.40. The van der Waals surface area contributed by atoms with Gasteiger partial charge in [0, 0.05) is 17.9 Å². The SMILES string of the molecule is CC(C)[C@H](NC(=O)OCc1ccccc1)C(=O)N1CSC[C@H]1C(=O)N=CC1CCCc2ccccc21. The van der Waals surface area contributed by atoms with E-state index in [0.29, 0.717) is 11.6 Å². The average Bonchev–Trinajstić information content (AvgIpc) is 3.39. The third kappa shape index (κ3) is 6.35. The van der Waals surface area contributed by atoms with Gasteiger partial charge < -0.3 is 15.0 Å². The number of hydrogen-bond acceptors (Lipinski definition) is 5. The van der Waals surface area contributed by atoms with Crippen molar-refractivity contribution in [3.05, 3.63) is 71.3 Å². The maximum atomic E-state index is 13.4. The van der Waals surface area contributed by atoms with E-state index < -0.39 is 18.2 Å². The van der Waals surface area contributed by atoms with Gasteiger partial charge in [-0.1, -0.05) is 68.4 Å². The zero-order valence-corrected chi connectivity index (χ0v) is 21.6. The van der Waals surface area contributed by atoms with Gasteiger partial charge in [-0.05, 0) is 41.9 Å². The number of aliphatic imine (C=N–C) groups is 1. The number of nitrogens with one attached hydrogen (secondary N) is 1. The second-order valence-electron chi connectivity index (χ2n) is 9.57. The molecule has 1 fully saturated rings. The molecule has 3 atom stereocenters. The third-order valence-corrected chi connectivity index (χ3v) is 7.68. The van der Waals surface area contributed by atoms with Gasteiger partial charge in [-0.2, -0.15) is 0 Å². The Hall–Kier alpha value is -3.13. The summed E-state index contributed by atoms with van der Waals surface area (Å²) in [4.78, 5) is 44.8. The van der Waals surface area contributed by atoms with E-state index >= 15 is 0 Å². The van der Waals surface area contributed by atoms with Gasteiger partial charge in [0.15, 0.2) is 0 Å². The number of carbonyl (C=O) groups is 3. The molecule has 0 aromatic heterocycles. The summed E-state index contributed by atoms with van der Waals surface area (Å²) >= 11 is 1.52. The highest BCUT2D eigenvalue weighted by atomic mass is 32.2. The number of hydrogen-bond donors (Lipinski definition) is 1. The van der Waals surface area contributed by atoms with Crippen molar-refractivity contribution in [2.24, 2.45) is 10.9 Å². The van der Waals surface area contributed by atoms with Crippen LogP contribution in [-0.4, -0.2) is 52.7 Å². The fourth-order valence-electron chi connectivity index (χ4n) is 4.64. The zero-order chi connectivity index (χ0) is 25.5. The Kier molecular flexibility index (Phi) is 8.80. The number of rotatable bonds is 7. The van der Waals surface area contributed by atoms with Crippen molar-refractivity contribution < 1.29 is 19.1 Å². The van der Waals surface area contributed by atoms with Crippen LogP contribution >= 0.6 is 11.8 Å². The lowest BCUT2D eigenvalue weighted by Crippen LogP contribution is -2.54. The van der Waals surface area contributed by atoms with Gasteiger partial charge in [0.05, 0.1) is 5.88 Å². The Labute approximate surface area is 216 Å². The lowest BCUT2D eigenvalue weighted by atomic mass is 9.83. The highest BCUT2D eigenvalue weighted by molar-refractivity contribution is 7.99. The lowest BCUT2D eigenvalue weighted by molar-refractivity contribution is -0.139. The van der Waals surface area contributed by atoms with Gasteiger partial charge in [0.25, 0.3) is 5.91 Å².